The van der Waals surface area contributed by atoms with E-state index >= 15 is 0 Å². The van der Waals surface area contributed by atoms with Gasteiger partial charge in [-0.15, -0.1) is 11.6 Å². The number of anilines is 1. The van der Waals surface area contributed by atoms with E-state index in [-0.39, 0.29) is 12.3 Å². The van der Waals surface area contributed by atoms with Crippen LogP contribution in [0.2, 0.25) is 0 Å². The molecule has 2 rings (SSSR count). The van der Waals surface area contributed by atoms with Gasteiger partial charge < -0.3 is 0 Å². The van der Waals surface area contributed by atoms with Gasteiger partial charge in [-0.25, -0.2) is 4.90 Å². The lowest BCUT2D eigenvalue weighted by Crippen LogP contribution is -2.30. The first-order chi connectivity index (χ1) is 7.63. The zero-order valence-electron chi connectivity index (χ0n) is 8.18. The maximum atomic E-state index is 11.6. The summed E-state index contributed by atoms with van der Waals surface area (Å²) in [6, 6.07) is 8.19. The third-order valence-corrected chi connectivity index (χ3v) is 2.69. The number of alkyl halides is 1. The zero-order valence-corrected chi connectivity index (χ0v) is 8.94. The highest BCUT2D eigenvalue weighted by Crippen LogP contribution is 2.25. The minimum absolute atomic E-state index is 0.0282. The first kappa shape index (κ1) is 10.7. The number of nitrogens with zero attached hydrogens (tertiary/aromatic N) is 2. The molecule has 1 heterocycles. The summed E-state index contributed by atoms with van der Waals surface area (Å²) in [5.74, 6) is -0.717. The summed E-state index contributed by atoms with van der Waals surface area (Å²) in [5, 5.41) is 7.85. The predicted octanol–water partition coefficient (Wildman–Crippen LogP) is 1.43. The van der Waals surface area contributed by atoms with E-state index in [1.165, 1.54) is 0 Å². The number of benzene rings is 1. The Balaban J connectivity index is 2.34. The number of rotatable bonds is 1. The van der Waals surface area contributed by atoms with Gasteiger partial charge in [0.25, 0.3) is 5.91 Å². The van der Waals surface area contributed by atoms with Crippen LogP contribution >= 0.6 is 11.6 Å². The lowest BCUT2D eigenvalue weighted by atomic mass is 10.2. The Hall–Kier alpha value is -1.86. The fraction of sp³-hybridized carbons (Fsp3) is 0.182. The monoisotopic (exact) mass is 234 g/mol. The Morgan fingerprint density at radius 1 is 1.31 bits per heavy atom. The van der Waals surface area contributed by atoms with Crippen molar-refractivity contribution in [2.45, 2.75) is 11.8 Å². The number of imide groups is 1. The van der Waals surface area contributed by atoms with E-state index in [1.54, 1.807) is 24.3 Å². The van der Waals surface area contributed by atoms with Crippen LogP contribution in [0.5, 0.6) is 0 Å². The van der Waals surface area contributed by atoms with Crippen molar-refractivity contribution < 1.29 is 9.59 Å². The normalized spacial score (nSPS) is 20.0. The summed E-state index contributed by atoms with van der Waals surface area (Å²) in [7, 11) is 0. The fourth-order valence-electron chi connectivity index (χ4n) is 1.55. The zero-order chi connectivity index (χ0) is 11.7. The molecule has 16 heavy (non-hydrogen) atoms. The number of halogens is 1. The average Bonchev–Trinajstić information content (AvgIpc) is 2.54. The number of carbonyl (C=O) groups excluding carboxylic acids is 2. The van der Waals surface area contributed by atoms with E-state index in [0.29, 0.717) is 11.3 Å². The number of hydrogen-bond acceptors (Lipinski definition) is 3. The highest BCUT2D eigenvalue weighted by molar-refractivity contribution is 6.40. The van der Waals surface area contributed by atoms with Crippen molar-refractivity contribution in [3.63, 3.8) is 0 Å². The van der Waals surface area contributed by atoms with Gasteiger partial charge in [0, 0.05) is 0 Å². The van der Waals surface area contributed by atoms with Gasteiger partial charge in [0.2, 0.25) is 5.91 Å². The van der Waals surface area contributed by atoms with Crippen LogP contribution in [0.15, 0.2) is 24.3 Å². The molecule has 1 aliphatic rings. The molecule has 1 atom stereocenters. The smallest absolute Gasteiger partial charge is 0.252 e. The summed E-state index contributed by atoms with van der Waals surface area (Å²) in [4.78, 5) is 24.1. The average molecular weight is 235 g/mol. The summed E-state index contributed by atoms with van der Waals surface area (Å²) < 4.78 is 0. The van der Waals surface area contributed by atoms with E-state index in [2.05, 4.69) is 0 Å². The second-order valence-corrected chi connectivity index (χ2v) is 3.92. The van der Waals surface area contributed by atoms with Gasteiger partial charge in [0.15, 0.2) is 0 Å². The first-order valence-corrected chi connectivity index (χ1v) is 5.08. The van der Waals surface area contributed by atoms with Gasteiger partial charge in [-0.1, -0.05) is 0 Å². The van der Waals surface area contributed by atoms with Gasteiger partial charge in [-0.3, -0.25) is 9.59 Å². The number of hydrogen-bond donors (Lipinski definition) is 0. The lowest BCUT2D eigenvalue weighted by molar-refractivity contribution is -0.121. The van der Waals surface area contributed by atoms with E-state index in [9.17, 15) is 9.59 Å². The Labute approximate surface area is 97.0 Å². The summed E-state index contributed by atoms with van der Waals surface area (Å²) in [6.45, 7) is 0. The molecule has 1 unspecified atom stereocenters. The van der Waals surface area contributed by atoms with Crippen molar-refractivity contribution in [1.29, 1.82) is 5.26 Å². The first-order valence-electron chi connectivity index (χ1n) is 4.64. The second kappa shape index (κ2) is 3.95. The summed E-state index contributed by atoms with van der Waals surface area (Å²) in [6.07, 6.45) is 0.0282. The van der Waals surface area contributed by atoms with Crippen LogP contribution in [0.4, 0.5) is 5.69 Å². The van der Waals surface area contributed by atoms with Crippen molar-refractivity contribution in [1.82, 2.24) is 0 Å². The Kier molecular flexibility index (Phi) is 2.63. The molecular weight excluding hydrogens is 228 g/mol. The molecule has 0 aliphatic carbocycles. The quantitative estimate of drug-likeness (QED) is 0.546. The molecule has 1 aromatic carbocycles. The highest BCUT2D eigenvalue weighted by atomic mass is 35.5. The maximum absolute atomic E-state index is 11.6. The molecule has 1 aromatic rings. The standard InChI is InChI=1S/C11H7ClN2O2/c12-9-5-10(15)14(11(9)16)8-3-1-7(6-13)2-4-8/h1-4,9H,5H2. The van der Waals surface area contributed by atoms with Crippen LogP contribution in [0, 0.1) is 11.3 Å². The topological polar surface area (TPSA) is 61.2 Å². The fourth-order valence-corrected chi connectivity index (χ4v) is 1.78. The minimum Gasteiger partial charge on any atom is -0.274 e. The Morgan fingerprint density at radius 2 is 1.94 bits per heavy atom. The van der Waals surface area contributed by atoms with Crippen molar-refractivity contribution in [2.75, 3.05) is 4.90 Å². The highest BCUT2D eigenvalue weighted by Gasteiger charge is 2.38. The molecule has 5 heteroatoms. The Morgan fingerprint density at radius 3 is 2.38 bits per heavy atom. The molecule has 80 valence electrons. The third kappa shape index (κ3) is 1.66. The largest absolute Gasteiger partial charge is 0.274 e. The SMILES string of the molecule is N#Cc1ccc(N2C(=O)CC(Cl)C2=O)cc1. The molecule has 0 N–H and O–H groups in total. The summed E-state index contributed by atoms with van der Waals surface area (Å²) >= 11 is 5.70. The van der Waals surface area contributed by atoms with Crippen LogP contribution in [0.3, 0.4) is 0 Å². The molecule has 0 aromatic heterocycles. The molecule has 1 aliphatic heterocycles. The molecule has 0 bridgehead atoms. The van der Waals surface area contributed by atoms with Gasteiger partial charge in [-0.2, -0.15) is 5.26 Å². The predicted molar refractivity (Wildman–Crippen MR) is 57.9 cm³/mol. The van der Waals surface area contributed by atoms with E-state index in [0.717, 1.165) is 4.90 Å². The lowest BCUT2D eigenvalue weighted by Gasteiger charge is -2.13. The molecule has 0 spiro atoms. The van der Waals surface area contributed by atoms with Crippen LogP contribution in [0.25, 0.3) is 0 Å². The van der Waals surface area contributed by atoms with E-state index in [4.69, 9.17) is 16.9 Å². The molecule has 1 saturated heterocycles. The van der Waals surface area contributed by atoms with Gasteiger partial charge >= 0.3 is 0 Å². The molecule has 4 nitrogen and oxygen atoms in total. The third-order valence-electron chi connectivity index (χ3n) is 2.35. The van der Waals surface area contributed by atoms with E-state index in [1.807, 2.05) is 6.07 Å². The van der Waals surface area contributed by atoms with Gasteiger partial charge in [0.05, 0.1) is 23.7 Å². The van der Waals surface area contributed by atoms with Crippen LogP contribution in [-0.2, 0) is 9.59 Å². The van der Waals surface area contributed by atoms with Crippen molar-refractivity contribution >= 4 is 29.1 Å². The number of nitriles is 1. The van der Waals surface area contributed by atoms with Crippen molar-refractivity contribution in [2.24, 2.45) is 0 Å². The maximum Gasteiger partial charge on any atom is 0.252 e. The molecule has 0 radical (unpaired) electrons. The number of carbonyl (C=O) groups is 2. The molecule has 0 saturated carbocycles. The van der Waals surface area contributed by atoms with Crippen LogP contribution in [-0.4, -0.2) is 17.2 Å². The van der Waals surface area contributed by atoms with Gasteiger partial charge in [-0.05, 0) is 24.3 Å². The molecular formula is C11H7ClN2O2. The van der Waals surface area contributed by atoms with Crippen molar-refractivity contribution in [3.8, 4) is 6.07 Å². The van der Waals surface area contributed by atoms with Crippen molar-refractivity contribution in [3.05, 3.63) is 29.8 Å². The molecule has 2 amide bonds. The number of amides is 2. The van der Waals surface area contributed by atoms with Crippen LogP contribution < -0.4 is 4.90 Å². The Bertz CT molecular complexity index is 490. The molecule has 1 fully saturated rings. The van der Waals surface area contributed by atoms with Gasteiger partial charge in [0.1, 0.15) is 5.38 Å². The van der Waals surface area contributed by atoms with Crippen LogP contribution in [0.1, 0.15) is 12.0 Å². The second-order valence-electron chi connectivity index (χ2n) is 3.40. The minimum atomic E-state index is -0.775. The summed E-state index contributed by atoms with van der Waals surface area (Å²) in [5.41, 5.74) is 0.933. The van der Waals surface area contributed by atoms with E-state index < -0.39 is 11.3 Å².